The van der Waals surface area contributed by atoms with Crippen molar-refractivity contribution < 1.29 is 17.6 Å². The zero-order valence-electron chi connectivity index (χ0n) is 16.0. The Bertz CT molecular complexity index is 1050. The fourth-order valence-corrected chi connectivity index (χ4v) is 4.80. The summed E-state index contributed by atoms with van der Waals surface area (Å²) in [5.41, 5.74) is 1.73. The van der Waals surface area contributed by atoms with E-state index in [0.717, 1.165) is 11.1 Å². The smallest absolute Gasteiger partial charge is 0.287 e. The molecule has 1 fully saturated rings. The number of fused-ring (bicyclic) bond motifs is 1. The second-order valence-electron chi connectivity index (χ2n) is 6.94. The van der Waals surface area contributed by atoms with Crippen molar-refractivity contribution in [2.24, 2.45) is 0 Å². The highest BCUT2D eigenvalue weighted by Gasteiger charge is 2.27. The quantitative estimate of drug-likeness (QED) is 0.671. The molecule has 29 heavy (non-hydrogen) atoms. The minimum absolute atomic E-state index is 0.0388. The third kappa shape index (κ3) is 4.44. The number of amides is 1. The first kappa shape index (κ1) is 19.5. The molecule has 3 aromatic rings. The van der Waals surface area contributed by atoms with E-state index in [9.17, 15) is 13.2 Å². The summed E-state index contributed by atoms with van der Waals surface area (Å²) in [5, 5.41) is 3.48. The highest BCUT2D eigenvalue weighted by atomic mass is 32.2. The lowest BCUT2D eigenvalue weighted by molar-refractivity contribution is 0.0930. The van der Waals surface area contributed by atoms with Crippen molar-refractivity contribution in [3.05, 3.63) is 66.4 Å². The van der Waals surface area contributed by atoms with Crippen molar-refractivity contribution in [3.8, 4) is 0 Å². The van der Waals surface area contributed by atoms with E-state index in [0.29, 0.717) is 31.8 Å². The number of para-hydroxylation sites is 2. The number of anilines is 1. The molecule has 2 aromatic carbocycles. The van der Waals surface area contributed by atoms with Gasteiger partial charge in [0.2, 0.25) is 10.0 Å². The van der Waals surface area contributed by atoms with Gasteiger partial charge in [0.25, 0.3) is 5.91 Å². The number of nitrogens with one attached hydrogen (secondary N) is 1. The fourth-order valence-electron chi connectivity index (χ4n) is 3.47. The van der Waals surface area contributed by atoms with E-state index < -0.39 is 15.9 Å². The summed E-state index contributed by atoms with van der Waals surface area (Å²) in [5.74, 6) is -0.366. The largest absolute Gasteiger partial charge is 0.451 e. The van der Waals surface area contributed by atoms with Crippen LogP contribution in [0, 0.1) is 0 Å². The van der Waals surface area contributed by atoms with Crippen LogP contribution in [0.3, 0.4) is 0 Å². The first-order valence-corrected chi connectivity index (χ1v) is 11.2. The maximum Gasteiger partial charge on any atom is 0.287 e. The summed E-state index contributed by atoms with van der Waals surface area (Å²) in [4.78, 5) is 14.4. The number of carbonyl (C=O) groups is 1. The number of carbonyl (C=O) groups excluding carboxylic acids is 1. The molecule has 1 aliphatic rings. The molecule has 1 N–H and O–H groups in total. The van der Waals surface area contributed by atoms with E-state index in [2.05, 4.69) is 10.2 Å². The van der Waals surface area contributed by atoms with Gasteiger partial charge in [-0.15, -0.1) is 0 Å². The molecule has 0 saturated carbocycles. The molecule has 1 amide bonds. The Balaban J connectivity index is 1.28. The van der Waals surface area contributed by atoms with Gasteiger partial charge in [-0.2, -0.15) is 4.31 Å². The Hall–Kier alpha value is -2.84. The number of benzene rings is 2. The molecule has 7 nitrogen and oxygen atoms in total. The molecule has 2 heterocycles. The first-order valence-electron chi connectivity index (χ1n) is 9.57. The van der Waals surface area contributed by atoms with Gasteiger partial charge < -0.3 is 14.6 Å². The molecule has 0 atom stereocenters. The van der Waals surface area contributed by atoms with E-state index in [1.807, 2.05) is 48.5 Å². The van der Waals surface area contributed by atoms with Crippen LogP contribution in [-0.2, 0) is 10.0 Å². The van der Waals surface area contributed by atoms with E-state index in [1.54, 1.807) is 12.1 Å². The van der Waals surface area contributed by atoms with Crippen LogP contribution in [0.1, 0.15) is 10.6 Å². The summed E-state index contributed by atoms with van der Waals surface area (Å²) in [6, 6.07) is 19.0. The van der Waals surface area contributed by atoms with Crippen molar-refractivity contribution in [1.82, 2.24) is 9.62 Å². The molecule has 4 rings (SSSR count). The molecule has 0 radical (unpaired) electrons. The highest BCUT2D eigenvalue weighted by Crippen LogP contribution is 2.19. The van der Waals surface area contributed by atoms with Crippen LogP contribution in [0.2, 0.25) is 0 Å². The highest BCUT2D eigenvalue weighted by molar-refractivity contribution is 7.89. The summed E-state index contributed by atoms with van der Waals surface area (Å²) in [6.45, 7) is 2.21. The molecule has 1 aliphatic heterocycles. The standard InChI is InChI=1S/C21H23N3O4S/c25-21(20-16-17-6-4-5-9-19(17)28-20)22-10-15-29(26,27)24-13-11-23(12-14-24)18-7-2-1-3-8-18/h1-9,16H,10-15H2,(H,22,25). The summed E-state index contributed by atoms with van der Waals surface area (Å²) >= 11 is 0. The molecule has 152 valence electrons. The summed E-state index contributed by atoms with van der Waals surface area (Å²) in [6.07, 6.45) is 0. The van der Waals surface area contributed by atoms with Gasteiger partial charge >= 0.3 is 0 Å². The normalized spacial score (nSPS) is 15.5. The van der Waals surface area contributed by atoms with Crippen LogP contribution >= 0.6 is 0 Å². The zero-order valence-corrected chi connectivity index (χ0v) is 16.8. The van der Waals surface area contributed by atoms with Gasteiger partial charge in [0, 0.05) is 43.8 Å². The number of rotatable bonds is 6. The maximum atomic E-state index is 12.6. The average Bonchev–Trinajstić information content (AvgIpc) is 3.19. The summed E-state index contributed by atoms with van der Waals surface area (Å²) in [7, 11) is -3.43. The Kier molecular flexibility index (Phi) is 5.55. The Labute approximate surface area is 170 Å². The molecule has 0 aliphatic carbocycles. The van der Waals surface area contributed by atoms with Gasteiger partial charge in [0.1, 0.15) is 5.58 Å². The van der Waals surface area contributed by atoms with E-state index in [-0.39, 0.29) is 18.1 Å². The Morgan fingerprint density at radius 3 is 2.38 bits per heavy atom. The van der Waals surface area contributed by atoms with Gasteiger partial charge in [-0.3, -0.25) is 4.79 Å². The van der Waals surface area contributed by atoms with Crippen molar-refractivity contribution in [2.45, 2.75) is 0 Å². The van der Waals surface area contributed by atoms with E-state index in [4.69, 9.17) is 4.42 Å². The van der Waals surface area contributed by atoms with Gasteiger partial charge in [-0.25, -0.2) is 8.42 Å². The number of piperazine rings is 1. The fraction of sp³-hybridized carbons (Fsp3) is 0.286. The van der Waals surface area contributed by atoms with Crippen molar-refractivity contribution >= 4 is 32.6 Å². The molecule has 8 heteroatoms. The molecule has 1 aromatic heterocycles. The second kappa shape index (κ2) is 8.26. The van der Waals surface area contributed by atoms with E-state index >= 15 is 0 Å². The van der Waals surface area contributed by atoms with Gasteiger partial charge in [-0.1, -0.05) is 36.4 Å². The van der Waals surface area contributed by atoms with Crippen LogP contribution in [0.4, 0.5) is 5.69 Å². The van der Waals surface area contributed by atoms with Crippen LogP contribution < -0.4 is 10.2 Å². The lowest BCUT2D eigenvalue weighted by atomic mass is 10.2. The molecule has 0 unspecified atom stereocenters. The third-order valence-electron chi connectivity index (χ3n) is 5.05. The van der Waals surface area contributed by atoms with Crippen molar-refractivity contribution in [1.29, 1.82) is 0 Å². The van der Waals surface area contributed by atoms with Crippen molar-refractivity contribution in [3.63, 3.8) is 0 Å². The lowest BCUT2D eigenvalue weighted by Gasteiger charge is -2.35. The Morgan fingerprint density at radius 1 is 0.966 bits per heavy atom. The number of furan rings is 1. The molecule has 1 saturated heterocycles. The van der Waals surface area contributed by atoms with Crippen LogP contribution in [-0.4, -0.2) is 57.1 Å². The van der Waals surface area contributed by atoms with Crippen LogP contribution in [0.25, 0.3) is 11.0 Å². The van der Waals surface area contributed by atoms with Gasteiger partial charge in [0.15, 0.2) is 5.76 Å². The zero-order chi connectivity index (χ0) is 20.3. The number of hydrogen-bond acceptors (Lipinski definition) is 5. The van der Waals surface area contributed by atoms with Crippen LogP contribution in [0.5, 0.6) is 0 Å². The van der Waals surface area contributed by atoms with E-state index in [1.165, 1.54) is 4.31 Å². The molecular weight excluding hydrogens is 390 g/mol. The third-order valence-corrected chi connectivity index (χ3v) is 6.92. The molecule has 0 spiro atoms. The SMILES string of the molecule is O=C(NCCS(=O)(=O)N1CCN(c2ccccc2)CC1)c1cc2ccccc2o1. The Morgan fingerprint density at radius 2 is 1.66 bits per heavy atom. The lowest BCUT2D eigenvalue weighted by Crippen LogP contribution is -2.50. The van der Waals surface area contributed by atoms with Crippen LogP contribution in [0.15, 0.2) is 65.1 Å². The second-order valence-corrected chi connectivity index (χ2v) is 9.03. The monoisotopic (exact) mass is 413 g/mol. The number of sulfonamides is 1. The maximum absolute atomic E-state index is 12.6. The molecule has 0 bridgehead atoms. The molecular formula is C21H23N3O4S. The predicted molar refractivity (Wildman–Crippen MR) is 113 cm³/mol. The minimum atomic E-state index is -3.43. The number of nitrogens with zero attached hydrogens (tertiary/aromatic N) is 2. The first-order chi connectivity index (χ1) is 14.0. The van der Waals surface area contributed by atoms with Crippen molar-refractivity contribution in [2.75, 3.05) is 43.4 Å². The number of hydrogen-bond donors (Lipinski definition) is 1. The van der Waals surface area contributed by atoms with Gasteiger partial charge in [0.05, 0.1) is 5.75 Å². The minimum Gasteiger partial charge on any atom is -0.451 e. The average molecular weight is 413 g/mol. The predicted octanol–water partition coefficient (Wildman–Crippen LogP) is 2.31. The summed E-state index contributed by atoms with van der Waals surface area (Å²) < 4.78 is 32.2. The topological polar surface area (TPSA) is 82.9 Å². The van der Waals surface area contributed by atoms with Gasteiger partial charge in [-0.05, 0) is 24.3 Å².